The molecule has 3 aromatic rings. The smallest absolute Gasteiger partial charge is 0.261 e. The van der Waals surface area contributed by atoms with Gasteiger partial charge in [-0.2, -0.15) is 0 Å². The van der Waals surface area contributed by atoms with E-state index in [9.17, 15) is 13.2 Å². The van der Waals surface area contributed by atoms with E-state index in [0.717, 1.165) is 5.69 Å². The van der Waals surface area contributed by atoms with Gasteiger partial charge in [0.25, 0.3) is 15.9 Å². The summed E-state index contributed by atoms with van der Waals surface area (Å²) in [5.74, 6) is 0.215. The maximum Gasteiger partial charge on any atom is 0.261 e. The largest absolute Gasteiger partial charge is 0.491 e. The Kier molecular flexibility index (Phi) is 9.21. The van der Waals surface area contributed by atoms with E-state index in [1.807, 2.05) is 18.2 Å². The first-order valence-electron chi connectivity index (χ1n) is 12.9. The number of fused-ring (bicyclic) bond motifs is 1. The molecule has 9 nitrogen and oxygen atoms in total. The molecule has 0 unspecified atom stereocenters. The molecule has 0 spiro atoms. The van der Waals surface area contributed by atoms with E-state index in [4.69, 9.17) is 9.47 Å². The fourth-order valence-corrected chi connectivity index (χ4v) is 5.71. The second-order valence-corrected chi connectivity index (χ2v) is 11.7. The van der Waals surface area contributed by atoms with Gasteiger partial charge in [0, 0.05) is 52.1 Å². The lowest BCUT2D eigenvalue weighted by atomic mass is 10.0. The number of benzene rings is 2. The summed E-state index contributed by atoms with van der Waals surface area (Å²) in [7, 11) is -0.408. The number of hydrogen-bond donors (Lipinski definition) is 1. The molecule has 0 saturated carbocycles. The number of anilines is 1. The molecule has 39 heavy (non-hydrogen) atoms. The van der Waals surface area contributed by atoms with Gasteiger partial charge in [0.15, 0.2) is 0 Å². The van der Waals surface area contributed by atoms with E-state index in [0.29, 0.717) is 36.6 Å². The van der Waals surface area contributed by atoms with E-state index < -0.39 is 10.0 Å². The van der Waals surface area contributed by atoms with Gasteiger partial charge in [0.2, 0.25) is 0 Å². The van der Waals surface area contributed by atoms with Crippen LogP contribution in [0.5, 0.6) is 5.75 Å². The number of carbonyl (C=O) groups is 1. The number of likely N-dealkylation sites (N-methyl/N-ethyl adjacent to an activating group) is 1. The third-order valence-corrected chi connectivity index (χ3v) is 8.37. The Morgan fingerprint density at radius 2 is 1.79 bits per heavy atom. The summed E-state index contributed by atoms with van der Waals surface area (Å²) < 4.78 is 40.5. The highest BCUT2D eigenvalue weighted by Crippen LogP contribution is 2.28. The zero-order chi connectivity index (χ0) is 28.0. The van der Waals surface area contributed by atoms with Crippen molar-refractivity contribution in [3.8, 4) is 5.75 Å². The van der Waals surface area contributed by atoms with E-state index >= 15 is 0 Å². The van der Waals surface area contributed by atoms with Crippen molar-refractivity contribution in [2.24, 2.45) is 5.92 Å². The molecule has 1 aliphatic rings. The highest BCUT2D eigenvalue weighted by molar-refractivity contribution is 7.92. The number of ether oxygens (including phenoxy) is 2. The number of sulfonamides is 1. The number of aromatic nitrogens is 1. The predicted molar refractivity (Wildman–Crippen MR) is 150 cm³/mol. The molecule has 208 valence electrons. The predicted octanol–water partition coefficient (Wildman–Crippen LogP) is 3.89. The van der Waals surface area contributed by atoms with Gasteiger partial charge in [-0.05, 0) is 49.2 Å². The molecule has 2 heterocycles. The molecule has 0 saturated heterocycles. The van der Waals surface area contributed by atoms with Crippen LogP contribution >= 0.6 is 0 Å². The van der Waals surface area contributed by atoms with Crippen LogP contribution in [0.3, 0.4) is 0 Å². The second kappa shape index (κ2) is 12.6. The molecule has 1 aromatic heterocycles. The molecule has 0 fully saturated rings. The van der Waals surface area contributed by atoms with Crippen LogP contribution in [0.15, 0.2) is 77.8 Å². The SMILES string of the molecule is CO[C@@H]1CN(C)C(=O)c2ccc(NS(=O)(=O)c3ccccc3)cc2OC[C@@H](C)N(Cc2ccccn2)C[C@@H]1C. The molecule has 3 atom stereocenters. The zero-order valence-corrected chi connectivity index (χ0v) is 23.6. The van der Waals surface area contributed by atoms with Gasteiger partial charge < -0.3 is 14.4 Å². The summed E-state index contributed by atoms with van der Waals surface area (Å²) >= 11 is 0. The van der Waals surface area contributed by atoms with Gasteiger partial charge in [-0.15, -0.1) is 0 Å². The molecular weight excluding hydrogens is 516 g/mol. The maximum absolute atomic E-state index is 13.5. The van der Waals surface area contributed by atoms with Crippen LogP contribution in [0.2, 0.25) is 0 Å². The number of pyridine rings is 1. The van der Waals surface area contributed by atoms with Crippen molar-refractivity contribution in [3.05, 3.63) is 84.2 Å². The minimum Gasteiger partial charge on any atom is -0.491 e. The molecule has 1 amide bonds. The molecular formula is C29H36N4O5S. The molecule has 4 rings (SSSR count). The van der Waals surface area contributed by atoms with Crippen LogP contribution in [0.25, 0.3) is 0 Å². The molecule has 2 aromatic carbocycles. The summed E-state index contributed by atoms with van der Waals surface area (Å²) in [6.07, 6.45) is 1.60. The zero-order valence-electron chi connectivity index (χ0n) is 22.8. The van der Waals surface area contributed by atoms with E-state index in [1.54, 1.807) is 61.7 Å². The van der Waals surface area contributed by atoms with Gasteiger partial charge in [-0.25, -0.2) is 8.42 Å². The fourth-order valence-electron chi connectivity index (χ4n) is 4.64. The van der Waals surface area contributed by atoms with Crippen LogP contribution < -0.4 is 9.46 Å². The Balaban J connectivity index is 1.66. The molecule has 0 radical (unpaired) electrons. The van der Waals surface area contributed by atoms with Gasteiger partial charge in [0.05, 0.1) is 27.9 Å². The fraction of sp³-hybridized carbons (Fsp3) is 0.379. The quantitative estimate of drug-likeness (QED) is 0.495. The van der Waals surface area contributed by atoms with Crippen LogP contribution in [0.1, 0.15) is 29.9 Å². The number of rotatable bonds is 6. The van der Waals surface area contributed by atoms with Gasteiger partial charge in [0.1, 0.15) is 12.4 Å². The molecule has 10 heteroatoms. The first-order chi connectivity index (χ1) is 18.7. The van der Waals surface area contributed by atoms with Gasteiger partial charge >= 0.3 is 0 Å². The van der Waals surface area contributed by atoms with Crippen molar-refractivity contribution in [3.63, 3.8) is 0 Å². The van der Waals surface area contributed by atoms with Crippen molar-refractivity contribution >= 4 is 21.6 Å². The van der Waals surface area contributed by atoms with Crippen LogP contribution in [-0.4, -0.2) is 75.1 Å². The Hall–Kier alpha value is -3.47. The Morgan fingerprint density at radius 1 is 1.05 bits per heavy atom. The van der Waals surface area contributed by atoms with Gasteiger partial charge in [-0.3, -0.25) is 19.4 Å². The average Bonchev–Trinajstić information content (AvgIpc) is 2.94. The minimum atomic E-state index is -3.81. The monoisotopic (exact) mass is 552 g/mol. The normalized spacial score (nSPS) is 21.3. The van der Waals surface area contributed by atoms with Crippen molar-refractivity contribution in [2.75, 3.05) is 38.6 Å². The van der Waals surface area contributed by atoms with Crippen molar-refractivity contribution in [1.29, 1.82) is 0 Å². The first-order valence-corrected chi connectivity index (χ1v) is 14.4. The Labute approximate surface area is 230 Å². The Bertz CT molecular complexity index is 1350. The van der Waals surface area contributed by atoms with Crippen LogP contribution in [0.4, 0.5) is 5.69 Å². The third-order valence-electron chi connectivity index (χ3n) is 6.97. The number of carbonyl (C=O) groups excluding carboxylic acids is 1. The summed E-state index contributed by atoms with van der Waals surface area (Å²) in [5, 5.41) is 0. The Morgan fingerprint density at radius 3 is 2.49 bits per heavy atom. The third kappa shape index (κ3) is 7.14. The first kappa shape index (κ1) is 28.5. The van der Waals surface area contributed by atoms with Crippen molar-refractivity contribution < 1.29 is 22.7 Å². The molecule has 0 aliphatic carbocycles. The summed E-state index contributed by atoms with van der Waals surface area (Å²) in [6, 6.07) is 18.7. The van der Waals surface area contributed by atoms with Crippen LogP contribution in [0, 0.1) is 5.92 Å². The number of methoxy groups -OCH3 is 1. The topological polar surface area (TPSA) is 101 Å². The number of nitrogens with one attached hydrogen (secondary N) is 1. The second-order valence-electron chi connectivity index (χ2n) is 9.98. The average molecular weight is 553 g/mol. The number of amides is 1. The standard InChI is InChI=1S/C29H36N4O5S/c1-21-17-33(18-24-10-8-9-15-30-24)22(2)20-38-27-16-23(31-39(35,36)25-11-6-5-7-12-25)13-14-26(27)29(34)32(3)19-28(21)37-4/h5-16,21-22,28,31H,17-20H2,1-4H3/t21-,22+,28+/m0/s1. The number of hydrogen-bond acceptors (Lipinski definition) is 7. The summed E-state index contributed by atoms with van der Waals surface area (Å²) in [6.45, 7) is 6.21. The van der Waals surface area contributed by atoms with Crippen LogP contribution in [-0.2, 0) is 21.3 Å². The van der Waals surface area contributed by atoms with E-state index in [2.05, 4.69) is 28.5 Å². The lowest BCUT2D eigenvalue weighted by Crippen LogP contribution is -2.46. The molecule has 1 aliphatic heterocycles. The maximum atomic E-state index is 13.5. The summed E-state index contributed by atoms with van der Waals surface area (Å²) in [5.41, 5.74) is 1.61. The molecule has 0 bridgehead atoms. The van der Waals surface area contributed by atoms with Crippen molar-refractivity contribution in [1.82, 2.24) is 14.8 Å². The minimum absolute atomic E-state index is 0.0308. The van der Waals surface area contributed by atoms with Gasteiger partial charge in [-0.1, -0.05) is 31.2 Å². The highest BCUT2D eigenvalue weighted by Gasteiger charge is 2.29. The number of nitrogens with zero attached hydrogens (tertiary/aromatic N) is 3. The lowest BCUT2D eigenvalue weighted by Gasteiger charge is -2.35. The highest BCUT2D eigenvalue weighted by atomic mass is 32.2. The van der Waals surface area contributed by atoms with E-state index in [-0.39, 0.29) is 35.5 Å². The lowest BCUT2D eigenvalue weighted by molar-refractivity contribution is 0.00901. The molecule has 1 N–H and O–H groups in total. The van der Waals surface area contributed by atoms with E-state index in [1.165, 1.54) is 12.1 Å². The summed E-state index contributed by atoms with van der Waals surface area (Å²) in [4.78, 5) is 22.0. The van der Waals surface area contributed by atoms with Crippen molar-refractivity contribution in [2.45, 2.75) is 37.4 Å².